The molecule has 1 aromatic heterocycles. The average Bonchev–Trinajstić information content (AvgIpc) is 2.40. The number of nitrogens with zero attached hydrogens (tertiary/aromatic N) is 1. The van der Waals surface area contributed by atoms with Crippen molar-refractivity contribution >= 4 is 12.6 Å². The number of halogens is 2. The standard InChI is InChI=1S/C11H14BF2NO2/c1-10(2)11(3,4)17-12(16-10)7-5-15-6-8(13)9(7)14/h5-6H,1-4H3. The van der Waals surface area contributed by atoms with Crippen LogP contribution in [0.5, 0.6) is 0 Å². The summed E-state index contributed by atoms with van der Waals surface area (Å²) in [6.07, 6.45) is 2.05. The van der Waals surface area contributed by atoms with Crippen LogP contribution in [0.15, 0.2) is 12.4 Å². The van der Waals surface area contributed by atoms with Gasteiger partial charge < -0.3 is 9.31 Å². The van der Waals surface area contributed by atoms with Crippen molar-refractivity contribution in [2.24, 2.45) is 0 Å². The Morgan fingerprint density at radius 3 is 2.12 bits per heavy atom. The van der Waals surface area contributed by atoms with E-state index in [1.807, 2.05) is 27.7 Å². The Morgan fingerprint density at radius 1 is 1.06 bits per heavy atom. The minimum Gasteiger partial charge on any atom is -0.399 e. The molecule has 6 heteroatoms. The molecule has 1 aromatic rings. The van der Waals surface area contributed by atoms with Crippen LogP contribution in [0.2, 0.25) is 0 Å². The summed E-state index contributed by atoms with van der Waals surface area (Å²) in [7, 11) is -0.928. The molecular formula is C11H14BF2NO2. The second-order valence-electron chi connectivity index (χ2n) is 5.11. The number of hydrogen-bond acceptors (Lipinski definition) is 3. The average molecular weight is 241 g/mol. The zero-order valence-corrected chi connectivity index (χ0v) is 10.3. The van der Waals surface area contributed by atoms with E-state index in [0.29, 0.717) is 0 Å². The van der Waals surface area contributed by atoms with E-state index in [9.17, 15) is 8.78 Å². The van der Waals surface area contributed by atoms with Gasteiger partial charge in [0.1, 0.15) is 0 Å². The third-order valence-electron chi connectivity index (χ3n) is 3.37. The molecule has 0 atom stereocenters. The molecule has 1 aliphatic heterocycles. The zero-order valence-electron chi connectivity index (χ0n) is 10.3. The molecule has 3 nitrogen and oxygen atoms in total. The van der Waals surface area contributed by atoms with Crippen molar-refractivity contribution in [3.63, 3.8) is 0 Å². The Hall–Kier alpha value is -1.01. The van der Waals surface area contributed by atoms with Crippen LogP contribution in [0, 0.1) is 11.6 Å². The van der Waals surface area contributed by atoms with Crippen molar-refractivity contribution < 1.29 is 18.1 Å². The van der Waals surface area contributed by atoms with Gasteiger partial charge in [0.25, 0.3) is 0 Å². The minimum absolute atomic E-state index is 0.0105. The Morgan fingerprint density at radius 2 is 1.59 bits per heavy atom. The van der Waals surface area contributed by atoms with Crippen LogP contribution in [0.3, 0.4) is 0 Å². The molecule has 0 bridgehead atoms. The van der Waals surface area contributed by atoms with Gasteiger partial charge in [0, 0.05) is 11.7 Å². The normalized spacial score (nSPS) is 21.9. The fourth-order valence-electron chi connectivity index (χ4n) is 1.57. The third kappa shape index (κ3) is 1.95. The smallest absolute Gasteiger partial charge is 0.399 e. The first-order chi connectivity index (χ1) is 7.74. The first-order valence-electron chi connectivity index (χ1n) is 5.39. The van der Waals surface area contributed by atoms with Crippen LogP contribution in [0.25, 0.3) is 0 Å². The number of aromatic nitrogens is 1. The summed E-state index contributed by atoms with van der Waals surface area (Å²) in [5.74, 6) is -1.98. The summed E-state index contributed by atoms with van der Waals surface area (Å²) in [5, 5.41) is 0. The third-order valence-corrected chi connectivity index (χ3v) is 3.37. The first-order valence-corrected chi connectivity index (χ1v) is 5.39. The van der Waals surface area contributed by atoms with Gasteiger partial charge in [-0.3, -0.25) is 4.98 Å². The summed E-state index contributed by atoms with van der Waals surface area (Å²) >= 11 is 0. The molecule has 0 aromatic carbocycles. The molecule has 2 rings (SSSR count). The molecular weight excluding hydrogens is 227 g/mol. The summed E-state index contributed by atoms with van der Waals surface area (Å²) in [6.45, 7) is 7.38. The lowest BCUT2D eigenvalue weighted by Crippen LogP contribution is -2.41. The monoisotopic (exact) mass is 241 g/mol. The molecule has 1 aliphatic rings. The fraction of sp³-hybridized carbons (Fsp3) is 0.545. The van der Waals surface area contributed by atoms with E-state index in [4.69, 9.17) is 9.31 Å². The molecule has 17 heavy (non-hydrogen) atoms. The van der Waals surface area contributed by atoms with Gasteiger partial charge in [-0.25, -0.2) is 8.78 Å². The van der Waals surface area contributed by atoms with Crippen LogP contribution in [-0.4, -0.2) is 23.3 Å². The van der Waals surface area contributed by atoms with Gasteiger partial charge >= 0.3 is 7.12 Å². The molecule has 0 radical (unpaired) electrons. The van der Waals surface area contributed by atoms with Crippen LogP contribution in [-0.2, 0) is 9.31 Å². The topological polar surface area (TPSA) is 31.4 Å². The zero-order chi connectivity index (χ0) is 12.8. The van der Waals surface area contributed by atoms with E-state index in [2.05, 4.69) is 4.98 Å². The SMILES string of the molecule is CC1(C)OB(c2cncc(F)c2F)OC1(C)C. The predicted molar refractivity (Wildman–Crippen MR) is 59.9 cm³/mol. The maximum absolute atomic E-state index is 13.6. The van der Waals surface area contributed by atoms with Crippen molar-refractivity contribution in [3.8, 4) is 0 Å². The van der Waals surface area contributed by atoms with Crippen molar-refractivity contribution in [3.05, 3.63) is 24.0 Å². The molecule has 1 saturated heterocycles. The van der Waals surface area contributed by atoms with Crippen molar-refractivity contribution in [1.29, 1.82) is 0 Å². The maximum atomic E-state index is 13.6. The maximum Gasteiger partial charge on any atom is 0.499 e. The van der Waals surface area contributed by atoms with E-state index in [1.165, 1.54) is 6.20 Å². The Balaban J connectivity index is 2.36. The summed E-state index contributed by atoms with van der Waals surface area (Å²) < 4.78 is 37.9. The second kappa shape index (κ2) is 3.75. The van der Waals surface area contributed by atoms with Gasteiger partial charge in [-0.15, -0.1) is 0 Å². The van der Waals surface area contributed by atoms with E-state index in [-0.39, 0.29) is 5.46 Å². The summed E-state index contributed by atoms with van der Waals surface area (Å²) in [6, 6.07) is 0. The van der Waals surface area contributed by atoms with Gasteiger partial charge in [0.05, 0.1) is 17.4 Å². The van der Waals surface area contributed by atoms with Gasteiger partial charge in [0.2, 0.25) is 0 Å². The highest BCUT2D eigenvalue weighted by Crippen LogP contribution is 2.36. The molecule has 92 valence electrons. The molecule has 0 spiro atoms. The van der Waals surface area contributed by atoms with E-state index >= 15 is 0 Å². The van der Waals surface area contributed by atoms with Crippen molar-refractivity contribution in [2.75, 3.05) is 0 Å². The highest BCUT2D eigenvalue weighted by atomic mass is 19.2. The Kier molecular flexibility index (Phi) is 2.74. The Bertz CT molecular complexity index is 435. The van der Waals surface area contributed by atoms with Gasteiger partial charge in [-0.2, -0.15) is 0 Å². The molecule has 0 N–H and O–H groups in total. The molecule has 0 amide bonds. The van der Waals surface area contributed by atoms with Crippen LogP contribution < -0.4 is 5.46 Å². The van der Waals surface area contributed by atoms with Crippen LogP contribution >= 0.6 is 0 Å². The highest BCUT2D eigenvalue weighted by Gasteiger charge is 2.52. The predicted octanol–water partition coefficient (Wildman–Crippen LogP) is 1.66. The lowest BCUT2D eigenvalue weighted by atomic mass is 9.80. The minimum atomic E-state index is -1.00. The summed E-state index contributed by atoms with van der Waals surface area (Å²) in [4.78, 5) is 3.61. The summed E-state index contributed by atoms with van der Waals surface area (Å²) in [5.41, 5.74) is -1.18. The quantitative estimate of drug-likeness (QED) is 0.700. The van der Waals surface area contributed by atoms with Gasteiger partial charge in [-0.05, 0) is 27.7 Å². The first kappa shape index (κ1) is 12.5. The second-order valence-corrected chi connectivity index (χ2v) is 5.11. The van der Waals surface area contributed by atoms with Crippen LogP contribution in [0.1, 0.15) is 27.7 Å². The largest absolute Gasteiger partial charge is 0.499 e. The lowest BCUT2D eigenvalue weighted by molar-refractivity contribution is 0.00578. The lowest BCUT2D eigenvalue weighted by Gasteiger charge is -2.32. The molecule has 1 fully saturated rings. The van der Waals surface area contributed by atoms with Crippen molar-refractivity contribution in [2.45, 2.75) is 38.9 Å². The van der Waals surface area contributed by atoms with E-state index < -0.39 is 30.0 Å². The number of pyridine rings is 1. The van der Waals surface area contributed by atoms with Gasteiger partial charge in [0.15, 0.2) is 11.6 Å². The number of rotatable bonds is 1. The van der Waals surface area contributed by atoms with Gasteiger partial charge in [-0.1, -0.05) is 0 Å². The van der Waals surface area contributed by atoms with E-state index in [1.54, 1.807) is 0 Å². The fourth-order valence-corrected chi connectivity index (χ4v) is 1.57. The Labute approximate surface area is 99.3 Å². The molecule has 2 heterocycles. The molecule has 0 unspecified atom stereocenters. The van der Waals surface area contributed by atoms with Crippen molar-refractivity contribution in [1.82, 2.24) is 4.98 Å². The number of hydrogen-bond donors (Lipinski definition) is 0. The molecule has 0 aliphatic carbocycles. The highest BCUT2D eigenvalue weighted by molar-refractivity contribution is 6.62. The molecule has 0 saturated carbocycles. The van der Waals surface area contributed by atoms with Crippen LogP contribution in [0.4, 0.5) is 8.78 Å². The van der Waals surface area contributed by atoms with E-state index in [0.717, 1.165) is 6.20 Å².